The van der Waals surface area contributed by atoms with Crippen molar-refractivity contribution in [2.24, 2.45) is 4.99 Å². The third-order valence-corrected chi connectivity index (χ3v) is 4.82. The quantitative estimate of drug-likeness (QED) is 0.539. The number of rotatable bonds is 8. The Morgan fingerprint density at radius 2 is 1.96 bits per heavy atom. The fraction of sp³-hybridized carbons (Fsp3) is 0.476. The van der Waals surface area contributed by atoms with E-state index in [2.05, 4.69) is 27.0 Å². The summed E-state index contributed by atoms with van der Waals surface area (Å²) in [5.41, 5.74) is 0.953. The molecule has 3 rings (SSSR count). The number of hydrogen-bond donors (Lipinski definition) is 2. The van der Waals surface area contributed by atoms with Gasteiger partial charge in [-0.2, -0.15) is 0 Å². The molecule has 0 aliphatic carbocycles. The average molecular weight is 388 g/mol. The fourth-order valence-electron chi connectivity index (χ4n) is 3.38. The van der Waals surface area contributed by atoms with E-state index in [1.807, 2.05) is 30.6 Å². The molecule has 1 aliphatic heterocycles. The smallest absolute Gasteiger partial charge is 0.191 e. The highest BCUT2D eigenvalue weighted by Gasteiger charge is 2.23. The number of ether oxygens (including phenoxy) is 1. The summed E-state index contributed by atoms with van der Waals surface area (Å²) in [6.45, 7) is 8.10. The van der Waals surface area contributed by atoms with Gasteiger partial charge >= 0.3 is 0 Å². The summed E-state index contributed by atoms with van der Waals surface area (Å²) in [5.74, 6) is 0.570. The van der Waals surface area contributed by atoms with Gasteiger partial charge < -0.3 is 19.9 Å². The Kier molecular flexibility index (Phi) is 7.87. The standard InChI is InChI=1S/C21H30FN5O/c1-2-23-21(24-8-11-26-9-3-4-10-26)25-17-20(27-12-14-28-15-13-27)18-6-5-7-19(22)16-18/h3-7,9-10,16,20H,2,8,11-15,17H2,1H3,(H2,23,24,25). The summed E-state index contributed by atoms with van der Waals surface area (Å²) in [5, 5.41) is 6.68. The zero-order valence-electron chi connectivity index (χ0n) is 16.5. The van der Waals surface area contributed by atoms with Crippen LogP contribution in [0.4, 0.5) is 4.39 Å². The van der Waals surface area contributed by atoms with Gasteiger partial charge in [0.05, 0.1) is 25.8 Å². The molecule has 0 spiro atoms. The summed E-state index contributed by atoms with van der Waals surface area (Å²) in [6.07, 6.45) is 4.09. The molecule has 2 N–H and O–H groups in total. The Labute approximate surface area is 166 Å². The topological polar surface area (TPSA) is 53.8 Å². The molecule has 1 fully saturated rings. The molecule has 7 heteroatoms. The van der Waals surface area contributed by atoms with Gasteiger partial charge in [0.1, 0.15) is 5.82 Å². The number of hydrogen-bond acceptors (Lipinski definition) is 3. The number of aromatic nitrogens is 1. The maximum Gasteiger partial charge on any atom is 0.191 e. The Bertz CT molecular complexity index is 728. The van der Waals surface area contributed by atoms with E-state index in [1.54, 1.807) is 12.1 Å². The van der Waals surface area contributed by atoms with Crippen LogP contribution < -0.4 is 10.6 Å². The molecule has 1 aliphatic rings. The van der Waals surface area contributed by atoms with Crippen LogP contribution in [0.5, 0.6) is 0 Å². The van der Waals surface area contributed by atoms with Gasteiger partial charge in [-0.3, -0.25) is 9.89 Å². The second-order valence-corrected chi connectivity index (χ2v) is 6.79. The van der Waals surface area contributed by atoms with Crippen LogP contribution in [0.1, 0.15) is 18.5 Å². The highest BCUT2D eigenvalue weighted by molar-refractivity contribution is 5.79. The molecule has 1 atom stereocenters. The average Bonchev–Trinajstić information content (AvgIpc) is 3.22. The number of nitrogens with zero attached hydrogens (tertiary/aromatic N) is 3. The van der Waals surface area contributed by atoms with Crippen LogP contribution in [0.25, 0.3) is 0 Å². The van der Waals surface area contributed by atoms with Gasteiger partial charge in [0.2, 0.25) is 0 Å². The van der Waals surface area contributed by atoms with Crippen LogP contribution >= 0.6 is 0 Å². The van der Waals surface area contributed by atoms with Crippen LogP contribution in [0, 0.1) is 5.82 Å². The van der Waals surface area contributed by atoms with E-state index in [4.69, 9.17) is 9.73 Å². The first kappa shape index (κ1) is 20.4. The Morgan fingerprint density at radius 1 is 1.18 bits per heavy atom. The fourth-order valence-corrected chi connectivity index (χ4v) is 3.38. The molecular formula is C21H30FN5O. The first-order valence-electron chi connectivity index (χ1n) is 9.96. The SMILES string of the molecule is CCNC(=NCC(c1cccc(F)c1)N1CCOCC1)NCCn1cccc1. The molecule has 0 bridgehead atoms. The van der Waals surface area contributed by atoms with Crippen molar-refractivity contribution in [3.05, 3.63) is 60.2 Å². The molecule has 0 saturated carbocycles. The van der Waals surface area contributed by atoms with E-state index in [1.165, 1.54) is 6.07 Å². The number of nitrogens with one attached hydrogen (secondary N) is 2. The van der Waals surface area contributed by atoms with Crippen LogP contribution in [0.15, 0.2) is 53.8 Å². The summed E-state index contributed by atoms with van der Waals surface area (Å²) < 4.78 is 21.4. The van der Waals surface area contributed by atoms with E-state index in [9.17, 15) is 4.39 Å². The summed E-state index contributed by atoms with van der Waals surface area (Å²) in [4.78, 5) is 7.12. The predicted octanol–water partition coefficient (Wildman–Crippen LogP) is 2.26. The Balaban J connectivity index is 1.67. The van der Waals surface area contributed by atoms with E-state index in [0.717, 1.165) is 44.2 Å². The number of aliphatic imine (C=N–C) groups is 1. The zero-order chi connectivity index (χ0) is 19.6. The molecule has 2 aromatic rings. The van der Waals surface area contributed by atoms with Gasteiger partial charge in [0, 0.05) is 45.1 Å². The van der Waals surface area contributed by atoms with Crippen molar-refractivity contribution in [1.29, 1.82) is 0 Å². The van der Waals surface area contributed by atoms with E-state index in [0.29, 0.717) is 19.8 Å². The number of halogens is 1. The van der Waals surface area contributed by atoms with Crippen molar-refractivity contribution in [2.45, 2.75) is 19.5 Å². The van der Waals surface area contributed by atoms with E-state index in [-0.39, 0.29) is 11.9 Å². The summed E-state index contributed by atoms with van der Waals surface area (Å²) >= 11 is 0. The number of benzene rings is 1. The minimum absolute atomic E-state index is 0.0273. The number of morpholine rings is 1. The zero-order valence-corrected chi connectivity index (χ0v) is 16.5. The highest BCUT2D eigenvalue weighted by atomic mass is 19.1. The minimum Gasteiger partial charge on any atom is -0.379 e. The lowest BCUT2D eigenvalue weighted by Gasteiger charge is -2.34. The lowest BCUT2D eigenvalue weighted by Crippen LogP contribution is -2.42. The van der Waals surface area contributed by atoms with Crippen molar-refractivity contribution in [3.63, 3.8) is 0 Å². The molecule has 0 radical (unpaired) electrons. The maximum atomic E-state index is 13.8. The second kappa shape index (κ2) is 10.8. The first-order valence-corrected chi connectivity index (χ1v) is 9.96. The van der Waals surface area contributed by atoms with Crippen molar-refractivity contribution >= 4 is 5.96 Å². The van der Waals surface area contributed by atoms with Crippen molar-refractivity contribution < 1.29 is 9.13 Å². The molecule has 6 nitrogen and oxygen atoms in total. The summed E-state index contributed by atoms with van der Waals surface area (Å²) in [6, 6.07) is 10.9. The van der Waals surface area contributed by atoms with Gasteiger partial charge in [-0.1, -0.05) is 12.1 Å². The van der Waals surface area contributed by atoms with Crippen molar-refractivity contribution in [1.82, 2.24) is 20.1 Å². The maximum absolute atomic E-state index is 13.8. The third kappa shape index (κ3) is 6.07. The Morgan fingerprint density at radius 3 is 2.68 bits per heavy atom. The van der Waals surface area contributed by atoms with Gasteiger partial charge in [-0.25, -0.2) is 4.39 Å². The van der Waals surface area contributed by atoms with Crippen LogP contribution in [0.2, 0.25) is 0 Å². The van der Waals surface area contributed by atoms with Gasteiger partial charge in [-0.05, 0) is 36.8 Å². The van der Waals surface area contributed by atoms with Gasteiger partial charge in [0.25, 0.3) is 0 Å². The molecule has 1 saturated heterocycles. The van der Waals surface area contributed by atoms with Crippen LogP contribution in [0.3, 0.4) is 0 Å². The molecular weight excluding hydrogens is 357 g/mol. The predicted molar refractivity (Wildman–Crippen MR) is 110 cm³/mol. The molecule has 0 amide bonds. The molecule has 152 valence electrons. The van der Waals surface area contributed by atoms with Crippen LogP contribution in [-0.2, 0) is 11.3 Å². The molecule has 1 aromatic heterocycles. The van der Waals surface area contributed by atoms with Crippen molar-refractivity contribution in [3.8, 4) is 0 Å². The minimum atomic E-state index is -0.212. The lowest BCUT2D eigenvalue weighted by atomic mass is 10.0. The van der Waals surface area contributed by atoms with E-state index >= 15 is 0 Å². The van der Waals surface area contributed by atoms with Gasteiger partial charge in [0.15, 0.2) is 5.96 Å². The largest absolute Gasteiger partial charge is 0.379 e. The molecule has 28 heavy (non-hydrogen) atoms. The molecule has 2 heterocycles. The molecule has 1 unspecified atom stereocenters. The first-order chi connectivity index (χ1) is 13.8. The second-order valence-electron chi connectivity index (χ2n) is 6.79. The normalized spacial score (nSPS) is 16.7. The summed E-state index contributed by atoms with van der Waals surface area (Å²) in [7, 11) is 0. The third-order valence-electron chi connectivity index (χ3n) is 4.82. The van der Waals surface area contributed by atoms with E-state index < -0.39 is 0 Å². The van der Waals surface area contributed by atoms with Crippen LogP contribution in [-0.4, -0.2) is 61.4 Å². The highest BCUT2D eigenvalue weighted by Crippen LogP contribution is 2.23. The Hall–Kier alpha value is -2.38. The lowest BCUT2D eigenvalue weighted by molar-refractivity contribution is 0.0179. The van der Waals surface area contributed by atoms with Gasteiger partial charge in [-0.15, -0.1) is 0 Å². The monoisotopic (exact) mass is 387 g/mol. The van der Waals surface area contributed by atoms with Crippen molar-refractivity contribution in [2.75, 3.05) is 45.9 Å². The number of guanidine groups is 1. The molecule has 1 aromatic carbocycles.